The first-order valence-corrected chi connectivity index (χ1v) is 12.9. The number of carbonyl (C=O) groups is 2. The third-order valence-corrected chi connectivity index (χ3v) is 7.39. The van der Waals surface area contributed by atoms with Crippen LogP contribution in [0, 0.1) is 5.92 Å². The van der Waals surface area contributed by atoms with Crippen molar-refractivity contribution in [3.05, 3.63) is 54.1 Å². The van der Waals surface area contributed by atoms with Crippen LogP contribution < -0.4 is 14.4 Å². The van der Waals surface area contributed by atoms with Gasteiger partial charge in [0.15, 0.2) is 5.78 Å². The first kappa shape index (κ1) is 25.7. The molecular weight excluding hydrogens is 454 g/mol. The Labute approximate surface area is 201 Å². The number of Topliss-reactive ketones (excluding diaryl/α,β-unsaturated/α-hetero) is 1. The van der Waals surface area contributed by atoms with Crippen LogP contribution in [0.1, 0.15) is 37.6 Å². The predicted molar refractivity (Wildman–Crippen MR) is 132 cm³/mol. The Morgan fingerprint density at radius 3 is 2.06 bits per heavy atom. The van der Waals surface area contributed by atoms with Gasteiger partial charge in [0.2, 0.25) is 15.9 Å². The molecule has 2 aromatic carbocycles. The first-order valence-electron chi connectivity index (χ1n) is 11.4. The number of methoxy groups -OCH3 is 1. The second-order valence-electron chi connectivity index (χ2n) is 8.89. The number of piperazine rings is 1. The molecule has 8 nitrogen and oxygen atoms in total. The van der Waals surface area contributed by atoms with Gasteiger partial charge in [0, 0.05) is 37.4 Å². The van der Waals surface area contributed by atoms with E-state index in [0.29, 0.717) is 43.9 Å². The van der Waals surface area contributed by atoms with Gasteiger partial charge in [0.25, 0.3) is 0 Å². The minimum Gasteiger partial charge on any atom is -0.497 e. The molecule has 184 valence electrons. The van der Waals surface area contributed by atoms with Crippen LogP contribution in [0.25, 0.3) is 0 Å². The van der Waals surface area contributed by atoms with Crippen LogP contribution in [0.2, 0.25) is 0 Å². The summed E-state index contributed by atoms with van der Waals surface area (Å²) in [5.74, 6) is 0.503. The number of amides is 1. The van der Waals surface area contributed by atoms with Crippen molar-refractivity contribution < 1.29 is 22.7 Å². The normalized spacial score (nSPS) is 15.3. The van der Waals surface area contributed by atoms with Crippen molar-refractivity contribution in [2.75, 3.05) is 38.2 Å². The highest BCUT2D eigenvalue weighted by Crippen LogP contribution is 2.20. The molecule has 9 heteroatoms. The molecule has 0 saturated carbocycles. The summed E-state index contributed by atoms with van der Waals surface area (Å²) in [5, 5.41) is 0. The Balaban J connectivity index is 1.67. The Bertz CT molecular complexity index is 1090. The molecule has 1 fully saturated rings. The van der Waals surface area contributed by atoms with E-state index in [9.17, 15) is 18.0 Å². The molecule has 0 bridgehead atoms. The van der Waals surface area contributed by atoms with Crippen molar-refractivity contribution in [2.45, 2.75) is 38.1 Å². The molecule has 1 amide bonds. The van der Waals surface area contributed by atoms with E-state index in [1.165, 1.54) is 26.2 Å². The number of carbonyl (C=O) groups excluding carboxylic acids is 2. The van der Waals surface area contributed by atoms with Gasteiger partial charge in [0.1, 0.15) is 11.8 Å². The van der Waals surface area contributed by atoms with Gasteiger partial charge in [-0.1, -0.05) is 13.8 Å². The number of ether oxygens (including phenoxy) is 1. The molecule has 1 aliphatic rings. The molecule has 0 spiro atoms. The minimum atomic E-state index is -3.87. The van der Waals surface area contributed by atoms with Gasteiger partial charge in [-0.05, 0) is 67.8 Å². The van der Waals surface area contributed by atoms with E-state index in [1.54, 1.807) is 17.0 Å². The van der Waals surface area contributed by atoms with Gasteiger partial charge in [-0.2, -0.15) is 4.72 Å². The van der Waals surface area contributed by atoms with Crippen LogP contribution in [0.15, 0.2) is 53.4 Å². The Hall–Kier alpha value is -2.91. The second kappa shape index (κ2) is 11.0. The number of nitrogens with one attached hydrogen (secondary N) is 1. The Morgan fingerprint density at radius 1 is 0.971 bits per heavy atom. The molecule has 0 aliphatic carbocycles. The molecule has 1 unspecified atom stereocenters. The lowest BCUT2D eigenvalue weighted by molar-refractivity contribution is -0.133. The van der Waals surface area contributed by atoms with E-state index in [1.807, 2.05) is 38.1 Å². The van der Waals surface area contributed by atoms with E-state index >= 15 is 0 Å². The molecule has 2 aromatic rings. The number of hydrogen-bond donors (Lipinski definition) is 1. The third kappa shape index (κ3) is 6.36. The summed E-state index contributed by atoms with van der Waals surface area (Å²) >= 11 is 0. The standard InChI is InChI=1S/C25H33N3O5S/c1-18(2)17-24(26-34(31,32)23-11-9-22(33-4)10-12-23)25(30)28-15-13-27(14-16-28)21-7-5-20(6-8-21)19(3)29/h5-12,18,24,26H,13-17H2,1-4H3. The van der Waals surface area contributed by atoms with Crippen molar-refractivity contribution >= 4 is 27.4 Å². The largest absolute Gasteiger partial charge is 0.497 e. The van der Waals surface area contributed by atoms with Gasteiger partial charge in [-0.15, -0.1) is 0 Å². The van der Waals surface area contributed by atoms with Crippen LogP contribution >= 0.6 is 0 Å². The highest BCUT2D eigenvalue weighted by atomic mass is 32.2. The van der Waals surface area contributed by atoms with E-state index in [2.05, 4.69) is 9.62 Å². The summed E-state index contributed by atoms with van der Waals surface area (Å²) in [5.41, 5.74) is 1.66. The minimum absolute atomic E-state index is 0.0234. The SMILES string of the molecule is COc1ccc(S(=O)(=O)NC(CC(C)C)C(=O)N2CCN(c3ccc(C(C)=O)cc3)CC2)cc1. The fraction of sp³-hybridized carbons (Fsp3) is 0.440. The molecule has 3 rings (SSSR count). The molecule has 0 radical (unpaired) electrons. The van der Waals surface area contributed by atoms with E-state index in [0.717, 1.165) is 5.69 Å². The quantitative estimate of drug-likeness (QED) is 0.547. The van der Waals surface area contributed by atoms with E-state index < -0.39 is 16.1 Å². The monoisotopic (exact) mass is 487 g/mol. The van der Waals surface area contributed by atoms with Gasteiger partial charge in [0.05, 0.1) is 12.0 Å². The van der Waals surface area contributed by atoms with Crippen molar-refractivity contribution in [3.8, 4) is 5.75 Å². The fourth-order valence-electron chi connectivity index (χ4n) is 3.99. The number of nitrogens with zero attached hydrogens (tertiary/aromatic N) is 2. The maximum Gasteiger partial charge on any atom is 0.241 e. The van der Waals surface area contributed by atoms with Crippen molar-refractivity contribution in [1.29, 1.82) is 0 Å². The molecule has 0 aromatic heterocycles. The molecular formula is C25H33N3O5S. The zero-order valence-corrected chi connectivity index (χ0v) is 21.0. The molecule has 1 heterocycles. The average molecular weight is 488 g/mol. The smallest absolute Gasteiger partial charge is 0.241 e. The number of rotatable bonds is 9. The number of anilines is 1. The fourth-order valence-corrected chi connectivity index (χ4v) is 5.20. The number of hydrogen-bond acceptors (Lipinski definition) is 6. The molecule has 1 aliphatic heterocycles. The highest BCUT2D eigenvalue weighted by molar-refractivity contribution is 7.89. The first-order chi connectivity index (χ1) is 16.1. The van der Waals surface area contributed by atoms with Crippen LogP contribution in [0.3, 0.4) is 0 Å². The van der Waals surface area contributed by atoms with Crippen molar-refractivity contribution in [1.82, 2.24) is 9.62 Å². The summed E-state index contributed by atoms with van der Waals surface area (Å²) in [6.07, 6.45) is 0.404. The van der Waals surface area contributed by atoms with Crippen molar-refractivity contribution in [3.63, 3.8) is 0 Å². The summed E-state index contributed by atoms with van der Waals surface area (Å²) in [6, 6.07) is 12.7. The lowest BCUT2D eigenvalue weighted by Crippen LogP contribution is -2.55. The summed E-state index contributed by atoms with van der Waals surface area (Å²) in [7, 11) is -2.36. The molecule has 34 heavy (non-hydrogen) atoms. The van der Waals surface area contributed by atoms with E-state index in [-0.39, 0.29) is 22.5 Å². The molecule has 1 atom stereocenters. The summed E-state index contributed by atoms with van der Waals surface area (Å²) in [4.78, 5) is 28.8. The maximum absolute atomic E-state index is 13.3. The van der Waals surface area contributed by atoms with Gasteiger partial charge < -0.3 is 14.5 Å². The zero-order chi connectivity index (χ0) is 24.9. The van der Waals surface area contributed by atoms with Crippen LogP contribution in [0.4, 0.5) is 5.69 Å². The van der Waals surface area contributed by atoms with Crippen LogP contribution in [-0.2, 0) is 14.8 Å². The Morgan fingerprint density at radius 2 is 1.56 bits per heavy atom. The second-order valence-corrected chi connectivity index (χ2v) is 10.6. The maximum atomic E-state index is 13.3. The van der Waals surface area contributed by atoms with Crippen molar-refractivity contribution in [2.24, 2.45) is 5.92 Å². The van der Waals surface area contributed by atoms with Crippen LogP contribution in [-0.4, -0.2) is 64.3 Å². The molecule has 1 saturated heterocycles. The van der Waals surface area contributed by atoms with E-state index in [4.69, 9.17) is 4.74 Å². The predicted octanol–water partition coefficient (Wildman–Crippen LogP) is 2.94. The van der Waals surface area contributed by atoms with Gasteiger partial charge in [-0.3, -0.25) is 9.59 Å². The average Bonchev–Trinajstić information content (AvgIpc) is 2.83. The number of ketones is 1. The number of sulfonamides is 1. The number of benzene rings is 2. The van der Waals surface area contributed by atoms with Gasteiger partial charge in [-0.25, -0.2) is 8.42 Å². The topological polar surface area (TPSA) is 96.0 Å². The summed E-state index contributed by atoms with van der Waals surface area (Å²) < 4.78 is 33.7. The third-order valence-electron chi connectivity index (χ3n) is 5.90. The zero-order valence-electron chi connectivity index (χ0n) is 20.2. The van der Waals surface area contributed by atoms with Crippen LogP contribution in [0.5, 0.6) is 5.75 Å². The van der Waals surface area contributed by atoms with Gasteiger partial charge >= 0.3 is 0 Å². The highest BCUT2D eigenvalue weighted by Gasteiger charge is 2.31. The lowest BCUT2D eigenvalue weighted by Gasteiger charge is -2.38. The lowest BCUT2D eigenvalue weighted by atomic mass is 10.0. The molecule has 1 N–H and O–H groups in total. The summed E-state index contributed by atoms with van der Waals surface area (Å²) in [6.45, 7) is 7.71. The Kier molecular flexibility index (Phi) is 8.33.